The smallest absolute Gasteiger partial charge is 0.220 e. The molecule has 0 aliphatic rings. The number of aliphatic hydroxyl groups is 1. The van der Waals surface area contributed by atoms with Crippen molar-refractivity contribution in [3.63, 3.8) is 0 Å². The molecule has 0 bridgehead atoms. The van der Waals surface area contributed by atoms with Crippen LogP contribution < -0.4 is 5.73 Å². The lowest BCUT2D eigenvalue weighted by molar-refractivity contribution is -0.122. The first kappa shape index (κ1) is 10.7. The number of hydrogen-bond donors (Lipinski definition) is 2. The largest absolute Gasteiger partial charge is 0.385 e. The van der Waals surface area contributed by atoms with E-state index in [-0.39, 0.29) is 12.0 Å². The van der Waals surface area contributed by atoms with Crippen LogP contribution in [0, 0.1) is 5.82 Å². The lowest BCUT2D eigenvalue weighted by atomic mass is 9.92. The van der Waals surface area contributed by atoms with Crippen molar-refractivity contribution in [3.05, 3.63) is 35.6 Å². The highest BCUT2D eigenvalue weighted by Gasteiger charge is 2.28. The molecule has 0 spiro atoms. The summed E-state index contributed by atoms with van der Waals surface area (Å²) in [7, 11) is 0. The van der Waals surface area contributed by atoms with E-state index >= 15 is 0 Å². The first-order valence-corrected chi connectivity index (χ1v) is 4.19. The number of carbonyl (C=O) groups is 1. The maximum absolute atomic E-state index is 13.2. The van der Waals surface area contributed by atoms with Gasteiger partial charge in [0.15, 0.2) is 0 Å². The maximum Gasteiger partial charge on any atom is 0.220 e. The van der Waals surface area contributed by atoms with Gasteiger partial charge in [0.1, 0.15) is 5.82 Å². The Bertz CT molecular complexity index is 350. The molecule has 0 aromatic heterocycles. The van der Waals surface area contributed by atoms with Crippen LogP contribution in [0.25, 0.3) is 0 Å². The van der Waals surface area contributed by atoms with Gasteiger partial charge >= 0.3 is 0 Å². The van der Waals surface area contributed by atoms with E-state index in [1.54, 1.807) is 6.07 Å². The molecule has 1 aromatic rings. The Morgan fingerprint density at radius 2 is 2.14 bits per heavy atom. The standard InChI is InChI=1S/C10H12FNO2/c1-10(14,6-9(12)13)7-4-2-3-5-8(7)11/h2-5,14H,6H2,1H3,(H2,12,13). The van der Waals surface area contributed by atoms with Crippen LogP contribution in [-0.2, 0) is 10.4 Å². The second-order valence-electron chi connectivity index (χ2n) is 3.40. The SMILES string of the molecule is CC(O)(CC(N)=O)c1ccccc1F. The predicted octanol–water partition coefficient (Wildman–Crippen LogP) is 0.909. The molecule has 76 valence electrons. The van der Waals surface area contributed by atoms with Crippen LogP contribution >= 0.6 is 0 Å². The van der Waals surface area contributed by atoms with Crippen molar-refractivity contribution in [2.24, 2.45) is 5.73 Å². The van der Waals surface area contributed by atoms with E-state index in [0.29, 0.717) is 0 Å². The highest BCUT2D eigenvalue weighted by molar-refractivity contribution is 5.75. The van der Waals surface area contributed by atoms with Gasteiger partial charge in [-0.2, -0.15) is 0 Å². The van der Waals surface area contributed by atoms with Crippen LogP contribution in [0.3, 0.4) is 0 Å². The Labute approximate surface area is 81.4 Å². The van der Waals surface area contributed by atoms with Gasteiger partial charge in [0.25, 0.3) is 0 Å². The molecule has 0 saturated carbocycles. The molecule has 3 nitrogen and oxygen atoms in total. The number of benzene rings is 1. The molecule has 0 aliphatic heterocycles. The fraction of sp³-hybridized carbons (Fsp3) is 0.300. The minimum atomic E-state index is -1.54. The van der Waals surface area contributed by atoms with Crippen molar-refractivity contribution in [1.29, 1.82) is 0 Å². The number of nitrogens with two attached hydrogens (primary N) is 1. The van der Waals surface area contributed by atoms with Gasteiger partial charge in [-0.1, -0.05) is 18.2 Å². The fourth-order valence-electron chi connectivity index (χ4n) is 1.33. The summed E-state index contributed by atoms with van der Waals surface area (Å²) in [6, 6.07) is 5.76. The minimum absolute atomic E-state index is 0.0822. The summed E-state index contributed by atoms with van der Waals surface area (Å²) in [6.07, 6.45) is -0.298. The topological polar surface area (TPSA) is 63.3 Å². The molecule has 0 saturated heterocycles. The Hall–Kier alpha value is -1.42. The van der Waals surface area contributed by atoms with E-state index in [0.717, 1.165) is 0 Å². The van der Waals surface area contributed by atoms with E-state index in [4.69, 9.17) is 5.73 Å². The summed E-state index contributed by atoms with van der Waals surface area (Å²) in [5.74, 6) is -1.21. The number of hydrogen-bond acceptors (Lipinski definition) is 2. The summed E-state index contributed by atoms with van der Waals surface area (Å²) in [4.78, 5) is 10.6. The van der Waals surface area contributed by atoms with Gasteiger partial charge in [0, 0.05) is 5.56 Å². The van der Waals surface area contributed by atoms with Crippen LogP contribution in [0.5, 0.6) is 0 Å². The third-order valence-corrected chi connectivity index (χ3v) is 1.97. The van der Waals surface area contributed by atoms with E-state index in [9.17, 15) is 14.3 Å². The van der Waals surface area contributed by atoms with E-state index in [1.165, 1.54) is 25.1 Å². The van der Waals surface area contributed by atoms with E-state index in [2.05, 4.69) is 0 Å². The summed E-state index contributed by atoms with van der Waals surface area (Å²) >= 11 is 0. The molecule has 0 fully saturated rings. The number of halogens is 1. The first-order chi connectivity index (χ1) is 6.43. The summed E-state index contributed by atoms with van der Waals surface area (Å²) < 4.78 is 13.2. The number of amides is 1. The zero-order valence-electron chi connectivity index (χ0n) is 7.83. The van der Waals surface area contributed by atoms with Crippen molar-refractivity contribution < 1.29 is 14.3 Å². The second-order valence-corrected chi connectivity index (χ2v) is 3.40. The van der Waals surface area contributed by atoms with Crippen molar-refractivity contribution >= 4 is 5.91 Å². The molecular weight excluding hydrogens is 185 g/mol. The molecule has 1 aromatic carbocycles. The summed E-state index contributed by atoms with van der Waals surface area (Å²) in [5, 5.41) is 9.80. The van der Waals surface area contributed by atoms with Gasteiger partial charge in [0.05, 0.1) is 12.0 Å². The molecule has 4 heteroatoms. The van der Waals surface area contributed by atoms with Crippen LogP contribution in [0.4, 0.5) is 4.39 Å². The van der Waals surface area contributed by atoms with Crippen molar-refractivity contribution in [3.8, 4) is 0 Å². The Kier molecular flexibility index (Phi) is 2.86. The lowest BCUT2D eigenvalue weighted by Gasteiger charge is -2.22. The Balaban J connectivity index is 3.03. The molecular formula is C10H12FNO2. The molecule has 1 atom stereocenters. The van der Waals surface area contributed by atoms with Gasteiger partial charge in [-0.3, -0.25) is 4.79 Å². The molecule has 0 heterocycles. The number of carbonyl (C=O) groups excluding carboxylic acids is 1. The Morgan fingerprint density at radius 3 is 2.64 bits per heavy atom. The van der Waals surface area contributed by atoms with Crippen molar-refractivity contribution in [1.82, 2.24) is 0 Å². The molecule has 3 N–H and O–H groups in total. The average molecular weight is 197 g/mol. The summed E-state index contributed by atoms with van der Waals surface area (Å²) in [6.45, 7) is 1.36. The van der Waals surface area contributed by atoms with Crippen molar-refractivity contribution in [2.45, 2.75) is 18.9 Å². The first-order valence-electron chi connectivity index (χ1n) is 4.19. The average Bonchev–Trinajstić information content (AvgIpc) is 2.02. The highest BCUT2D eigenvalue weighted by atomic mass is 19.1. The van der Waals surface area contributed by atoms with Gasteiger partial charge < -0.3 is 10.8 Å². The third-order valence-electron chi connectivity index (χ3n) is 1.97. The Morgan fingerprint density at radius 1 is 1.57 bits per heavy atom. The van der Waals surface area contributed by atoms with Crippen LogP contribution in [0.1, 0.15) is 18.9 Å². The summed E-state index contributed by atoms with van der Waals surface area (Å²) in [5.41, 5.74) is 3.48. The van der Waals surface area contributed by atoms with Crippen molar-refractivity contribution in [2.75, 3.05) is 0 Å². The monoisotopic (exact) mass is 197 g/mol. The maximum atomic E-state index is 13.2. The zero-order chi connectivity index (χ0) is 10.8. The van der Waals surface area contributed by atoms with Crippen LogP contribution in [-0.4, -0.2) is 11.0 Å². The van der Waals surface area contributed by atoms with Gasteiger partial charge in [-0.15, -0.1) is 0 Å². The second kappa shape index (κ2) is 3.75. The third kappa shape index (κ3) is 2.29. The lowest BCUT2D eigenvalue weighted by Crippen LogP contribution is -2.29. The van der Waals surface area contributed by atoms with E-state index in [1.807, 2.05) is 0 Å². The molecule has 1 unspecified atom stereocenters. The van der Waals surface area contributed by atoms with Gasteiger partial charge in [0.2, 0.25) is 5.91 Å². The minimum Gasteiger partial charge on any atom is -0.385 e. The highest BCUT2D eigenvalue weighted by Crippen LogP contribution is 2.26. The molecule has 1 amide bonds. The molecule has 1 rings (SSSR count). The van der Waals surface area contributed by atoms with Gasteiger partial charge in [-0.05, 0) is 13.0 Å². The van der Waals surface area contributed by atoms with E-state index < -0.39 is 17.3 Å². The molecule has 14 heavy (non-hydrogen) atoms. The number of primary amides is 1. The normalized spacial score (nSPS) is 14.8. The van der Waals surface area contributed by atoms with Gasteiger partial charge in [-0.25, -0.2) is 4.39 Å². The molecule has 0 radical (unpaired) electrons. The van der Waals surface area contributed by atoms with Crippen LogP contribution in [0.15, 0.2) is 24.3 Å². The van der Waals surface area contributed by atoms with Crippen LogP contribution in [0.2, 0.25) is 0 Å². The predicted molar refractivity (Wildman–Crippen MR) is 49.8 cm³/mol. The quantitative estimate of drug-likeness (QED) is 0.756. The fourth-order valence-corrected chi connectivity index (χ4v) is 1.33. The zero-order valence-corrected chi connectivity index (χ0v) is 7.83. The molecule has 0 aliphatic carbocycles. The number of rotatable bonds is 3.